The third-order valence-corrected chi connectivity index (χ3v) is 2.92. The minimum Gasteiger partial charge on any atom is -0.508 e. The minimum atomic E-state index is -0.817. The summed E-state index contributed by atoms with van der Waals surface area (Å²) in [6.45, 7) is 0. The van der Waals surface area contributed by atoms with Crippen LogP contribution in [0, 0.1) is 5.82 Å². The van der Waals surface area contributed by atoms with Crippen molar-refractivity contribution in [1.29, 1.82) is 0 Å². The summed E-state index contributed by atoms with van der Waals surface area (Å²) >= 11 is 11.6. The van der Waals surface area contributed by atoms with E-state index < -0.39 is 11.7 Å². The first-order chi connectivity index (χ1) is 8.97. The normalized spacial score (nSPS) is 10.3. The molecule has 0 unspecified atom stereocenters. The first-order valence-corrected chi connectivity index (χ1v) is 5.98. The second-order valence-corrected chi connectivity index (χ2v) is 4.59. The van der Waals surface area contributed by atoms with Crippen molar-refractivity contribution in [1.82, 2.24) is 0 Å². The van der Waals surface area contributed by atoms with Crippen LogP contribution in [-0.2, 0) is 0 Å². The molecule has 2 aromatic carbocycles. The van der Waals surface area contributed by atoms with Gasteiger partial charge in [0.2, 0.25) is 0 Å². The van der Waals surface area contributed by atoms with Crippen LogP contribution in [0.25, 0.3) is 0 Å². The molecule has 0 spiro atoms. The number of nitrogens with one attached hydrogen (secondary N) is 1. The molecule has 0 aromatic heterocycles. The molecule has 0 saturated heterocycles. The summed E-state index contributed by atoms with van der Waals surface area (Å²) in [6, 6.07) is 7.80. The Morgan fingerprint density at radius 2 is 1.89 bits per heavy atom. The van der Waals surface area contributed by atoms with Crippen LogP contribution in [0.1, 0.15) is 10.4 Å². The molecule has 19 heavy (non-hydrogen) atoms. The number of halogens is 3. The number of anilines is 1. The van der Waals surface area contributed by atoms with E-state index in [-0.39, 0.29) is 16.3 Å². The summed E-state index contributed by atoms with van der Waals surface area (Å²) in [4.78, 5) is 11.9. The van der Waals surface area contributed by atoms with Gasteiger partial charge >= 0.3 is 0 Å². The zero-order valence-corrected chi connectivity index (χ0v) is 11.0. The average Bonchev–Trinajstić information content (AvgIpc) is 2.32. The van der Waals surface area contributed by atoms with Crippen LogP contribution in [0.3, 0.4) is 0 Å². The van der Waals surface area contributed by atoms with Crippen LogP contribution < -0.4 is 5.32 Å². The molecule has 0 atom stereocenters. The van der Waals surface area contributed by atoms with Gasteiger partial charge in [0.15, 0.2) is 0 Å². The second kappa shape index (κ2) is 5.47. The molecule has 0 fully saturated rings. The molecule has 2 N–H and O–H groups in total. The maximum atomic E-state index is 13.5. The first kappa shape index (κ1) is 13.6. The molecule has 0 aliphatic heterocycles. The maximum absolute atomic E-state index is 13.5. The van der Waals surface area contributed by atoms with E-state index in [2.05, 4.69) is 5.32 Å². The van der Waals surface area contributed by atoms with Gasteiger partial charge in [0, 0.05) is 11.1 Å². The van der Waals surface area contributed by atoms with E-state index in [4.69, 9.17) is 28.3 Å². The molecule has 0 aliphatic carbocycles. The zero-order chi connectivity index (χ0) is 14.0. The zero-order valence-electron chi connectivity index (χ0n) is 9.45. The predicted octanol–water partition coefficient (Wildman–Crippen LogP) is 4.09. The number of hydrogen-bond acceptors (Lipinski definition) is 2. The van der Waals surface area contributed by atoms with E-state index in [0.717, 1.165) is 6.07 Å². The van der Waals surface area contributed by atoms with Crippen LogP contribution in [0.5, 0.6) is 5.75 Å². The monoisotopic (exact) mass is 299 g/mol. The van der Waals surface area contributed by atoms with E-state index in [1.54, 1.807) is 6.07 Å². The Bertz CT molecular complexity index is 647. The van der Waals surface area contributed by atoms with Crippen LogP contribution in [0.4, 0.5) is 10.1 Å². The summed E-state index contributed by atoms with van der Waals surface area (Å²) in [6.07, 6.45) is 0. The lowest BCUT2D eigenvalue weighted by atomic mass is 10.2. The summed E-state index contributed by atoms with van der Waals surface area (Å²) in [5.41, 5.74) is 0.132. The van der Waals surface area contributed by atoms with Gasteiger partial charge in [-0.1, -0.05) is 23.2 Å². The Morgan fingerprint density at radius 3 is 2.53 bits per heavy atom. The van der Waals surface area contributed by atoms with Gasteiger partial charge in [0.05, 0.1) is 16.3 Å². The smallest absolute Gasteiger partial charge is 0.258 e. The molecule has 0 saturated carbocycles. The molecular formula is C13H8Cl2FNO2. The number of amides is 1. The van der Waals surface area contributed by atoms with Crippen molar-refractivity contribution in [2.24, 2.45) is 0 Å². The predicted molar refractivity (Wildman–Crippen MR) is 72.5 cm³/mol. The Kier molecular flexibility index (Phi) is 3.93. The Balaban J connectivity index is 2.25. The standard InChI is InChI=1S/C13H8Cl2FNO2/c14-7-1-4-12(10(15)5-7)17-13(19)9-3-2-8(18)6-11(9)16/h1-6,18H,(H,17,19). The highest BCUT2D eigenvalue weighted by molar-refractivity contribution is 6.36. The summed E-state index contributed by atoms with van der Waals surface area (Å²) in [5, 5.41) is 12.2. The summed E-state index contributed by atoms with van der Waals surface area (Å²) in [5.74, 6) is -1.73. The van der Waals surface area contributed by atoms with Gasteiger partial charge in [-0.15, -0.1) is 0 Å². The highest BCUT2D eigenvalue weighted by Crippen LogP contribution is 2.26. The van der Waals surface area contributed by atoms with E-state index in [0.29, 0.717) is 10.7 Å². The summed E-state index contributed by atoms with van der Waals surface area (Å²) < 4.78 is 13.5. The van der Waals surface area contributed by atoms with E-state index in [9.17, 15) is 9.18 Å². The molecular weight excluding hydrogens is 292 g/mol. The number of rotatable bonds is 2. The molecule has 0 radical (unpaired) electrons. The average molecular weight is 300 g/mol. The molecule has 2 rings (SSSR count). The fraction of sp³-hybridized carbons (Fsp3) is 0. The van der Waals surface area contributed by atoms with Crippen LogP contribution in [0.15, 0.2) is 36.4 Å². The van der Waals surface area contributed by atoms with Gasteiger partial charge in [-0.05, 0) is 30.3 Å². The van der Waals surface area contributed by atoms with Gasteiger partial charge in [-0.2, -0.15) is 0 Å². The van der Waals surface area contributed by atoms with E-state index >= 15 is 0 Å². The number of phenolic OH excluding ortho intramolecular Hbond substituents is 1. The topological polar surface area (TPSA) is 49.3 Å². The van der Waals surface area contributed by atoms with Gasteiger partial charge in [-0.3, -0.25) is 4.79 Å². The Morgan fingerprint density at radius 1 is 1.16 bits per heavy atom. The van der Waals surface area contributed by atoms with Gasteiger partial charge in [0.1, 0.15) is 11.6 Å². The molecule has 1 amide bonds. The molecule has 3 nitrogen and oxygen atoms in total. The third kappa shape index (κ3) is 3.16. The van der Waals surface area contributed by atoms with Crippen LogP contribution in [0.2, 0.25) is 10.0 Å². The molecule has 2 aromatic rings. The third-order valence-electron chi connectivity index (χ3n) is 2.38. The number of carbonyl (C=O) groups excluding carboxylic acids is 1. The number of aromatic hydroxyl groups is 1. The summed E-state index contributed by atoms with van der Waals surface area (Å²) in [7, 11) is 0. The fourth-order valence-corrected chi connectivity index (χ4v) is 1.92. The molecule has 98 valence electrons. The van der Waals surface area contributed by atoms with E-state index in [1.807, 2.05) is 0 Å². The number of phenols is 1. The number of hydrogen-bond donors (Lipinski definition) is 2. The lowest BCUT2D eigenvalue weighted by Gasteiger charge is -2.08. The molecule has 6 heteroatoms. The highest BCUT2D eigenvalue weighted by atomic mass is 35.5. The first-order valence-electron chi connectivity index (χ1n) is 5.22. The maximum Gasteiger partial charge on any atom is 0.258 e. The van der Waals surface area contributed by atoms with Crippen LogP contribution in [-0.4, -0.2) is 11.0 Å². The van der Waals surface area contributed by atoms with Crippen molar-refractivity contribution in [2.75, 3.05) is 5.32 Å². The molecule has 0 heterocycles. The lowest BCUT2D eigenvalue weighted by Crippen LogP contribution is -2.13. The Labute approximate surface area is 118 Å². The van der Waals surface area contributed by atoms with E-state index in [1.165, 1.54) is 24.3 Å². The van der Waals surface area contributed by atoms with Gasteiger partial charge in [0.25, 0.3) is 5.91 Å². The second-order valence-electron chi connectivity index (χ2n) is 3.74. The largest absolute Gasteiger partial charge is 0.508 e. The molecule has 0 aliphatic rings. The lowest BCUT2D eigenvalue weighted by molar-refractivity contribution is 0.102. The minimum absolute atomic E-state index is 0.191. The SMILES string of the molecule is O=C(Nc1ccc(Cl)cc1Cl)c1ccc(O)cc1F. The van der Waals surface area contributed by atoms with Gasteiger partial charge < -0.3 is 10.4 Å². The van der Waals surface area contributed by atoms with Crippen LogP contribution >= 0.6 is 23.2 Å². The fourth-order valence-electron chi connectivity index (χ4n) is 1.47. The highest BCUT2D eigenvalue weighted by Gasteiger charge is 2.13. The van der Waals surface area contributed by atoms with Crippen molar-refractivity contribution in [2.45, 2.75) is 0 Å². The Hall–Kier alpha value is -1.78. The van der Waals surface area contributed by atoms with Crippen molar-refractivity contribution >= 4 is 34.8 Å². The van der Waals surface area contributed by atoms with Crippen molar-refractivity contribution < 1.29 is 14.3 Å². The van der Waals surface area contributed by atoms with Crippen molar-refractivity contribution in [3.63, 3.8) is 0 Å². The van der Waals surface area contributed by atoms with Crippen molar-refractivity contribution in [3.8, 4) is 5.75 Å². The van der Waals surface area contributed by atoms with Gasteiger partial charge in [-0.25, -0.2) is 4.39 Å². The number of benzene rings is 2. The quantitative estimate of drug-likeness (QED) is 0.877. The number of carbonyl (C=O) groups is 1. The van der Waals surface area contributed by atoms with Crippen molar-refractivity contribution in [3.05, 3.63) is 57.8 Å². The molecule has 0 bridgehead atoms.